The van der Waals surface area contributed by atoms with Crippen LogP contribution in [0.2, 0.25) is 0 Å². The Hall–Kier alpha value is -1.04. The molecule has 0 aliphatic carbocycles. The summed E-state index contributed by atoms with van der Waals surface area (Å²) in [5, 5.41) is 7.25. The lowest BCUT2D eigenvalue weighted by molar-refractivity contribution is -0.136. The van der Waals surface area contributed by atoms with Gasteiger partial charge in [0.15, 0.2) is 0 Å². The first-order chi connectivity index (χ1) is 7.92. The third-order valence-corrected chi connectivity index (χ3v) is 2.45. The van der Waals surface area contributed by atoms with Crippen LogP contribution >= 0.6 is 0 Å². The summed E-state index contributed by atoms with van der Waals surface area (Å²) in [6.45, 7) is 2.67. The SMILES string of the molecule is CCCNC(CCC(F)(F)F)c1ccn(C)n1. The molecule has 1 rings (SSSR count). The quantitative estimate of drug-likeness (QED) is 0.840. The number of hydrogen-bond donors (Lipinski definition) is 1. The predicted molar refractivity (Wildman–Crippen MR) is 59.5 cm³/mol. The molecule has 0 fully saturated rings. The van der Waals surface area contributed by atoms with E-state index in [4.69, 9.17) is 0 Å². The monoisotopic (exact) mass is 249 g/mol. The fraction of sp³-hybridized carbons (Fsp3) is 0.727. The highest BCUT2D eigenvalue weighted by Gasteiger charge is 2.29. The molecule has 1 aromatic heterocycles. The molecule has 0 aromatic carbocycles. The van der Waals surface area contributed by atoms with Gasteiger partial charge in [-0.05, 0) is 25.5 Å². The molecule has 0 aliphatic heterocycles. The van der Waals surface area contributed by atoms with Crippen LogP contribution in [0.1, 0.15) is 37.9 Å². The Balaban J connectivity index is 2.60. The van der Waals surface area contributed by atoms with Crippen molar-refractivity contribution in [1.82, 2.24) is 15.1 Å². The molecule has 1 heterocycles. The lowest BCUT2D eigenvalue weighted by Gasteiger charge is -2.17. The number of alkyl halides is 3. The van der Waals surface area contributed by atoms with Crippen molar-refractivity contribution in [2.24, 2.45) is 7.05 Å². The summed E-state index contributed by atoms with van der Waals surface area (Å²) in [6.07, 6.45) is -2.24. The highest BCUT2D eigenvalue weighted by Crippen LogP contribution is 2.26. The van der Waals surface area contributed by atoms with Crippen LogP contribution in [0.3, 0.4) is 0 Å². The average molecular weight is 249 g/mol. The molecule has 0 saturated heterocycles. The van der Waals surface area contributed by atoms with Crippen molar-refractivity contribution in [1.29, 1.82) is 0 Å². The molecule has 0 aliphatic rings. The Kier molecular flexibility index (Phi) is 4.99. The fourth-order valence-corrected chi connectivity index (χ4v) is 1.60. The van der Waals surface area contributed by atoms with E-state index in [0.717, 1.165) is 6.42 Å². The van der Waals surface area contributed by atoms with Crippen molar-refractivity contribution in [2.45, 2.75) is 38.4 Å². The number of aromatic nitrogens is 2. The normalized spacial score (nSPS) is 13.9. The van der Waals surface area contributed by atoms with Crippen molar-refractivity contribution in [3.63, 3.8) is 0 Å². The van der Waals surface area contributed by atoms with Gasteiger partial charge in [-0.1, -0.05) is 6.92 Å². The second kappa shape index (κ2) is 6.05. The minimum absolute atomic E-state index is 0.0283. The van der Waals surface area contributed by atoms with Crippen LogP contribution in [-0.4, -0.2) is 22.5 Å². The summed E-state index contributed by atoms with van der Waals surface area (Å²) in [6, 6.07) is 1.43. The minimum Gasteiger partial charge on any atom is -0.309 e. The number of hydrogen-bond acceptors (Lipinski definition) is 2. The zero-order valence-electron chi connectivity index (χ0n) is 10.1. The van der Waals surface area contributed by atoms with Gasteiger partial charge < -0.3 is 5.32 Å². The molecule has 0 radical (unpaired) electrons. The first kappa shape index (κ1) is 14.0. The van der Waals surface area contributed by atoms with Gasteiger partial charge in [-0.2, -0.15) is 18.3 Å². The maximum Gasteiger partial charge on any atom is 0.389 e. The van der Waals surface area contributed by atoms with Crippen molar-refractivity contribution < 1.29 is 13.2 Å². The van der Waals surface area contributed by atoms with E-state index < -0.39 is 12.6 Å². The number of nitrogens with one attached hydrogen (secondary N) is 1. The van der Waals surface area contributed by atoms with Crippen molar-refractivity contribution in [3.05, 3.63) is 18.0 Å². The lowest BCUT2D eigenvalue weighted by atomic mass is 10.1. The third kappa shape index (κ3) is 5.21. The van der Waals surface area contributed by atoms with E-state index in [1.165, 1.54) is 0 Å². The van der Waals surface area contributed by atoms with E-state index in [9.17, 15) is 13.2 Å². The maximum atomic E-state index is 12.2. The van der Waals surface area contributed by atoms with Gasteiger partial charge >= 0.3 is 6.18 Å². The zero-order chi connectivity index (χ0) is 12.9. The molecule has 0 bridgehead atoms. The molecule has 1 aromatic rings. The second-order valence-corrected chi connectivity index (χ2v) is 4.07. The van der Waals surface area contributed by atoms with Crippen LogP contribution in [0.25, 0.3) is 0 Å². The van der Waals surface area contributed by atoms with Gasteiger partial charge in [-0.15, -0.1) is 0 Å². The molecular weight excluding hydrogens is 231 g/mol. The molecular formula is C11H18F3N3. The van der Waals surface area contributed by atoms with Crippen LogP contribution in [0.15, 0.2) is 12.3 Å². The largest absolute Gasteiger partial charge is 0.389 e. The highest BCUT2D eigenvalue weighted by molar-refractivity contribution is 5.05. The van der Waals surface area contributed by atoms with Crippen LogP contribution in [0, 0.1) is 0 Å². The summed E-state index contributed by atoms with van der Waals surface area (Å²) in [4.78, 5) is 0. The van der Waals surface area contributed by atoms with Crippen LogP contribution in [0.5, 0.6) is 0 Å². The van der Waals surface area contributed by atoms with Crippen molar-refractivity contribution >= 4 is 0 Å². The molecule has 0 amide bonds. The topological polar surface area (TPSA) is 29.9 Å². The lowest BCUT2D eigenvalue weighted by Crippen LogP contribution is -2.24. The Morgan fingerprint density at radius 3 is 2.65 bits per heavy atom. The van der Waals surface area contributed by atoms with Crippen LogP contribution in [0.4, 0.5) is 13.2 Å². The van der Waals surface area contributed by atoms with Gasteiger partial charge in [0.1, 0.15) is 0 Å². The fourth-order valence-electron chi connectivity index (χ4n) is 1.60. The van der Waals surface area contributed by atoms with Gasteiger partial charge in [0, 0.05) is 19.7 Å². The standard InChI is InChI=1S/C11H18F3N3/c1-3-7-15-9(4-6-11(12,13)14)10-5-8-17(2)16-10/h5,8-9,15H,3-4,6-7H2,1-2H3. The third-order valence-electron chi connectivity index (χ3n) is 2.45. The van der Waals surface area contributed by atoms with Crippen LogP contribution < -0.4 is 5.32 Å². The Morgan fingerprint density at radius 2 is 2.18 bits per heavy atom. The van der Waals surface area contributed by atoms with Gasteiger partial charge in [-0.25, -0.2) is 0 Å². The molecule has 1 unspecified atom stereocenters. The Morgan fingerprint density at radius 1 is 1.47 bits per heavy atom. The molecule has 1 atom stereocenters. The predicted octanol–water partition coefficient (Wildman–Crippen LogP) is 2.80. The molecule has 6 heteroatoms. The number of aryl methyl sites for hydroxylation is 1. The van der Waals surface area contributed by atoms with Gasteiger partial charge in [0.25, 0.3) is 0 Å². The smallest absolute Gasteiger partial charge is 0.309 e. The molecule has 3 nitrogen and oxygen atoms in total. The van der Waals surface area contributed by atoms with E-state index in [-0.39, 0.29) is 12.5 Å². The van der Waals surface area contributed by atoms with E-state index >= 15 is 0 Å². The minimum atomic E-state index is -4.11. The molecule has 0 spiro atoms. The second-order valence-electron chi connectivity index (χ2n) is 4.07. The summed E-state index contributed by atoms with van der Waals surface area (Å²) >= 11 is 0. The van der Waals surface area contributed by atoms with E-state index in [1.54, 1.807) is 24.0 Å². The highest BCUT2D eigenvalue weighted by atomic mass is 19.4. The summed E-state index contributed by atoms with van der Waals surface area (Å²) in [7, 11) is 1.75. The Labute approximate surface area is 99.0 Å². The van der Waals surface area contributed by atoms with Crippen LogP contribution in [-0.2, 0) is 7.05 Å². The first-order valence-electron chi connectivity index (χ1n) is 5.72. The first-order valence-corrected chi connectivity index (χ1v) is 5.72. The number of rotatable bonds is 6. The van der Waals surface area contributed by atoms with Gasteiger partial charge in [0.05, 0.1) is 11.7 Å². The zero-order valence-corrected chi connectivity index (χ0v) is 10.1. The average Bonchev–Trinajstić information content (AvgIpc) is 2.63. The van der Waals surface area contributed by atoms with E-state index in [1.807, 2.05) is 6.92 Å². The maximum absolute atomic E-state index is 12.2. The molecule has 0 saturated carbocycles. The summed E-state index contributed by atoms with van der Waals surface area (Å²) in [5.74, 6) is 0. The van der Waals surface area contributed by atoms with Gasteiger partial charge in [0.2, 0.25) is 0 Å². The van der Waals surface area contributed by atoms with E-state index in [0.29, 0.717) is 12.2 Å². The van der Waals surface area contributed by atoms with Gasteiger partial charge in [-0.3, -0.25) is 4.68 Å². The van der Waals surface area contributed by atoms with Crippen molar-refractivity contribution in [3.8, 4) is 0 Å². The number of halogens is 3. The van der Waals surface area contributed by atoms with Crippen molar-refractivity contribution in [2.75, 3.05) is 6.54 Å². The molecule has 98 valence electrons. The summed E-state index contributed by atoms with van der Waals surface area (Å²) < 4.78 is 38.2. The van der Waals surface area contributed by atoms with E-state index in [2.05, 4.69) is 10.4 Å². The molecule has 17 heavy (non-hydrogen) atoms. The summed E-state index contributed by atoms with van der Waals surface area (Å²) in [5.41, 5.74) is 0.671. The Bertz CT molecular complexity index is 333. The number of nitrogens with zero attached hydrogens (tertiary/aromatic N) is 2. The molecule has 1 N–H and O–H groups in total.